The average Bonchev–Trinajstić information content (AvgIpc) is 3.24. The van der Waals surface area contributed by atoms with Gasteiger partial charge in [-0.25, -0.2) is 19.2 Å². The van der Waals surface area contributed by atoms with E-state index in [1.807, 2.05) is 67.0 Å². The molecule has 1 unspecified atom stereocenters. The molecule has 47 heavy (non-hydrogen) atoms. The number of hydrogen-bond donors (Lipinski definition) is 0. The van der Waals surface area contributed by atoms with Crippen molar-refractivity contribution in [2.45, 2.75) is 95.4 Å². The quantitative estimate of drug-likeness (QED) is 0.157. The molecule has 2 saturated heterocycles. The topological polar surface area (TPSA) is 97.8 Å². The van der Waals surface area contributed by atoms with Crippen LogP contribution in [0.1, 0.15) is 54.4 Å². The molecule has 2 fully saturated rings. The van der Waals surface area contributed by atoms with Gasteiger partial charge in [0.05, 0.1) is 28.3 Å². The number of piperazine rings is 1. The molecule has 0 radical (unpaired) electrons. The highest BCUT2D eigenvalue weighted by Crippen LogP contribution is 2.42. The third-order valence-electron chi connectivity index (χ3n) is 9.56. The van der Waals surface area contributed by atoms with Crippen LogP contribution in [0.25, 0.3) is 32.9 Å². The number of anilines is 1. The van der Waals surface area contributed by atoms with Crippen LogP contribution < -0.4 is 9.33 Å². The van der Waals surface area contributed by atoms with E-state index >= 15 is 4.39 Å². The number of ether oxygens (including phenoxy) is 1. The number of fused-ring (bicyclic) bond motifs is 4. The van der Waals surface area contributed by atoms with Crippen molar-refractivity contribution in [3.8, 4) is 17.0 Å². The highest BCUT2D eigenvalue weighted by atomic mass is 32.2. The molecular weight excluding hydrogens is 634 g/mol. The number of carbonyl (C=O) groups is 1. The zero-order chi connectivity index (χ0) is 34.1. The Hall–Kier alpha value is -3.64. The molecule has 1 amide bonds. The Morgan fingerprint density at radius 2 is 1.66 bits per heavy atom. The Bertz CT molecular complexity index is 1890. The number of amides is 1. The van der Waals surface area contributed by atoms with E-state index in [-0.39, 0.29) is 39.6 Å². The van der Waals surface area contributed by atoms with Gasteiger partial charge in [-0.05, 0) is 74.7 Å². The summed E-state index contributed by atoms with van der Waals surface area (Å²) >= 11 is 0. The summed E-state index contributed by atoms with van der Waals surface area (Å²) in [5, 5.41) is 2.21. The van der Waals surface area contributed by atoms with E-state index in [0.717, 1.165) is 23.6 Å². The number of aromatic nitrogens is 3. The van der Waals surface area contributed by atoms with E-state index in [2.05, 4.69) is 43.8 Å². The number of carbonyl (C=O) groups excluding carboxylic acids is 1. The molecule has 0 saturated carbocycles. The molecular formula is C35H44FN5O4SSi. The number of pyridine rings is 1. The van der Waals surface area contributed by atoms with Crippen LogP contribution in [0.4, 0.5) is 15.0 Å². The van der Waals surface area contributed by atoms with Crippen LogP contribution in [0.2, 0.25) is 18.1 Å². The zero-order valence-electron chi connectivity index (χ0n) is 28.7. The van der Waals surface area contributed by atoms with Crippen molar-refractivity contribution < 1.29 is 22.6 Å². The van der Waals surface area contributed by atoms with Gasteiger partial charge in [0.25, 0.3) is 0 Å². The van der Waals surface area contributed by atoms with Crippen molar-refractivity contribution in [3.05, 3.63) is 48.4 Å². The van der Waals surface area contributed by atoms with Gasteiger partial charge >= 0.3 is 6.09 Å². The van der Waals surface area contributed by atoms with Crippen LogP contribution in [0.3, 0.4) is 0 Å². The molecule has 2 aliphatic rings. The van der Waals surface area contributed by atoms with E-state index in [9.17, 15) is 9.00 Å². The summed E-state index contributed by atoms with van der Waals surface area (Å²) < 4.78 is 42.0. The first-order chi connectivity index (χ1) is 21.9. The minimum absolute atomic E-state index is 0.0252. The van der Waals surface area contributed by atoms with Gasteiger partial charge in [-0.1, -0.05) is 45.0 Å². The second kappa shape index (κ2) is 11.8. The van der Waals surface area contributed by atoms with Gasteiger partial charge in [0.1, 0.15) is 28.4 Å². The Morgan fingerprint density at radius 3 is 2.28 bits per heavy atom. The molecule has 12 heteroatoms. The number of benzene rings is 2. The molecule has 2 aromatic heterocycles. The van der Waals surface area contributed by atoms with Crippen molar-refractivity contribution in [2.24, 2.45) is 0 Å². The summed E-state index contributed by atoms with van der Waals surface area (Å²) in [7, 11) is -3.77. The summed E-state index contributed by atoms with van der Waals surface area (Å²) in [6.45, 7) is 17.5. The largest absolute Gasteiger partial charge is 0.543 e. The molecule has 0 aliphatic carbocycles. The minimum atomic E-state index is -2.20. The van der Waals surface area contributed by atoms with E-state index in [1.165, 1.54) is 6.26 Å². The van der Waals surface area contributed by atoms with Gasteiger partial charge in [-0.2, -0.15) is 0 Å². The first-order valence-electron chi connectivity index (χ1n) is 16.1. The average molecular weight is 678 g/mol. The Balaban J connectivity index is 1.44. The fourth-order valence-electron chi connectivity index (χ4n) is 6.25. The maximum atomic E-state index is 16.9. The predicted octanol–water partition coefficient (Wildman–Crippen LogP) is 7.69. The monoisotopic (exact) mass is 677 g/mol. The van der Waals surface area contributed by atoms with E-state index in [0.29, 0.717) is 35.6 Å². The molecule has 2 aromatic carbocycles. The van der Waals surface area contributed by atoms with Crippen molar-refractivity contribution >= 4 is 52.7 Å². The molecule has 2 aliphatic heterocycles. The van der Waals surface area contributed by atoms with Crippen molar-refractivity contribution in [3.63, 3.8) is 0 Å². The van der Waals surface area contributed by atoms with Gasteiger partial charge in [-0.15, -0.1) is 0 Å². The van der Waals surface area contributed by atoms with E-state index in [1.54, 1.807) is 6.20 Å². The lowest BCUT2D eigenvalue weighted by Crippen LogP contribution is -2.57. The van der Waals surface area contributed by atoms with Crippen LogP contribution in [-0.4, -0.2) is 75.5 Å². The standard InChI is InChI=1S/C35H44FN5O4SSi/c1-34(2,3)44-33(42)41-22-14-15-23(41)20-40(19-22)31-27-18-37-29(28(36)30(27)38-32(39-31)46(7)43)26-17-24(45-47(8,9)35(4,5)6)16-21-12-10-11-13-25(21)26/h10-13,16-18,22-23H,14-15,19-20H2,1-9H3/t22-,23+,46?. The first kappa shape index (κ1) is 33.3. The maximum Gasteiger partial charge on any atom is 0.410 e. The van der Waals surface area contributed by atoms with Gasteiger partial charge in [0, 0.05) is 31.1 Å². The molecule has 0 N–H and O–H groups in total. The lowest BCUT2D eigenvalue weighted by atomic mass is 10.00. The normalized spacial score (nSPS) is 19.4. The third-order valence-corrected chi connectivity index (χ3v) is 14.6. The highest BCUT2D eigenvalue weighted by molar-refractivity contribution is 7.84. The molecule has 4 aromatic rings. The smallest absolute Gasteiger partial charge is 0.410 e. The summed E-state index contributed by atoms with van der Waals surface area (Å²) in [4.78, 5) is 30.8. The Kier molecular flexibility index (Phi) is 8.35. The van der Waals surface area contributed by atoms with Gasteiger partial charge < -0.3 is 14.1 Å². The second-order valence-corrected chi connectivity index (χ2v) is 21.2. The van der Waals surface area contributed by atoms with Crippen LogP contribution in [0.15, 0.2) is 47.8 Å². The van der Waals surface area contributed by atoms with E-state index < -0.39 is 30.5 Å². The minimum Gasteiger partial charge on any atom is -0.543 e. The van der Waals surface area contributed by atoms with Crippen LogP contribution >= 0.6 is 0 Å². The van der Waals surface area contributed by atoms with Crippen LogP contribution in [0, 0.1) is 5.82 Å². The summed E-state index contributed by atoms with van der Waals surface area (Å²) in [5.41, 5.74) is 0.201. The fourth-order valence-corrected chi connectivity index (χ4v) is 7.70. The molecule has 2 bridgehead atoms. The molecule has 250 valence electrons. The number of hydrogen-bond acceptors (Lipinski definition) is 8. The molecule has 9 nitrogen and oxygen atoms in total. The lowest BCUT2D eigenvalue weighted by Gasteiger charge is -2.42. The van der Waals surface area contributed by atoms with Crippen LogP contribution in [0.5, 0.6) is 5.75 Å². The maximum absolute atomic E-state index is 16.9. The predicted molar refractivity (Wildman–Crippen MR) is 187 cm³/mol. The Labute approximate surface area is 279 Å². The molecule has 6 rings (SSSR count). The number of rotatable bonds is 5. The lowest BCUT2D eigenvalue weighted by molar-refractivity contribution is 0.0123. The van der Waals surface area contributed by atoms with Gasteiger partial charge in [-0.3, -0.25) is 14.1 Å². The summed E-state index contributed by atoms with van der Waals surface area (Å²) in [6, 6.07) is 11.5. The van der Waals surface area contributed by atoms with E-state index in [4.69, 9.17) is 14.1 Å². The number of halogens is 1. The molecule has 4 heterocycles. The van der Waals surface area contributed by atoms with Gasteiger partial charge in [0.2, 0.25) is 13.5 Å². The number of nitrogens with zero attached hydrogens (tertiary/aromatic N) is 5. The molecule has 3 atom stereocenters. The summed E-state index contributed by atoms with van der Waals surface area (Å²) in [6.07, 6.45) is 4.44. The summed E-state index contributed by atoms with van der Waals surface area (Å²) in [5.74, 6) is 0.533. The second-order valence-electron chi connectivity index (χ2n) is 15.2. The van der Waals surface area contributed by atoms with Crippen molar-refractivity contribution in [1.82, 2.24) is 19.9 Å². The van der Waals surface area contributed by atoms with Crippen molar-refractivity contribution in [1.29, 1.82) is 0 Å². The van der Waals surface area contributed by atoms with Crippen LogP contribution in [-0.2, 0) is 15.5 Å². The third kappa shape index (κ3) is 6.33. The SMILES string of the molecule is CS(=O)c1nc(N2C[C@H]3CC[C@@H](C2)N3C(=O)OC(C)(C)C)c2cnc(-c3cc(O[Si](C)(C)C(C)(C)C)cc4ccccc34)c(F)c2n1. The first-order valence-corrected chi connectivity index (χ1v) is 20.6. The highest BCUT2D eigenvalue weighted by Gasteiger charge is 2.45. The zero-order valence-corrected chi connectivity index (χ0v) is 30.5. The van der Waals surface area contributed by atoms with Crippen molar-refractivity contribution in [2.75, 3.05) is 24.2 Å². The Morgan fingerprint density at radius 1 is 1.00 bits per heavy atom. The fraction of sp³-hybridized carbons (Fsp3) is 0.486. The van der Waals surface area contributed by atoms with Gasteiger partial charge in [0.15, 0.2) is 5.82 Å². The molecule has 0 spiro atoms.